The molecule has 3 amide bonds. The number of amidine groups is 1. The summed E-state index contributed by atoms with van der Waals surface area (Å²) in [6, 6.07) is 6.29. The first-order chi connectivity index (χ1) is 11.2. The van der Waals surface area contributed by atoms with Crippen LogP contribution in [0, 0.1) is 0 Å². The smallest absolute Gasteiger partial charge is 0.290 e. The lowest BCUT2D eigenvalue weighted by atomic mass is 10.1. The Hall–Kier alpha value is -1.63. The molecule has 1 N–H and O–H groups in total. The van der Waals surface area contributed by atoms with Gasteiger partial charge in [0.15, 0.2) is 0 Å². The number of para-hydroxylation sites is 1. The van der Waals surface area contributed by atoms with Gasteiger partial charge < -0.3 is 0 Å². The van der Waals surface area contributed by atoms with Crippen molar-refractivity contribution in [3.8, 4) is 0 Å². The molecule has 0 bridgehead atoms. The summed E-state index contributed by atoms with van der Waals surface area (Å²) >= 11 is 12.2. The van der Waals surface area contributed by atoms with Gasteiger partial charge in [-0.25, -0.2) is 14.7 Å². The normalized spacial score (nSPS) is 18.7. The summed E-state index contributed by atoms with van der Waals surface area (Å²) in [7, 11) is 1.41. The van der Waals surface area contributed by atoms with E-state index in [1.807, 2.05) is 20.8 Å². The average molecular weight is 371 g/mol. The fourth-order valence-electron chi connectivity index (χ4n) is 2.29. The third-order valence-electron chi connectivity index (χ3n) is 3.30. The highest BCUT2D eigenvalue weighted by Gasteiger charge is 2.42. The molecule has 130 valence electrons. The topological polar surface area (TPSA) is 65.0 Å². The first kappa shape index (κ1) is 18.7. The second-order valence-corrected chi connectivity index (χ2v) is 7.17. The highest BCUT2D eigenvalue weighted by molar-refractivity contribution is 6.55. The molecule has 6 nitrogen and oxygen atoms in total. The van der Waals surface area contributed by atoms with E-state index < -0.39 is 18.1 Å². The van der Waals surface area contributed by atoms with E-state index in [2.05, 4.69) is 10.3 Å². The molecule has 1 fully saturated rings. The van der Waals surface area contributed by atoms with E-state index in [1.54, 1.807) is 24.3 Å². The van der Waals surface area contributed by atoms with Crippen molar-refractivity contribution in [1.29, 1.82) is 0 Å². The number of benzene rings is 1. The largest absolute Gasteiger partial charge is 0.337 e. The zero-order valence-electron chi connectivity index (χ0n) is 14.0. The first-order valence-corrected chi connectivity index (χ1v) is 8.35. The molecule has 24 heavy (non-hydrogen) atoms. The van der Waals surface area contributed by atoms with Crippen LogP contribution in [0.3, 0.4) is 0 Å². The number of carbonyl (C=O) groups excluding carboxylic acids is 2. The van der Waals surface area contributed by atoms with Crippen LogP contribution in [-0.4, -0.2) is 47.3 Å². The van der Waals surface area contributed by atoms with Gasteiger partial charge in [-0.3, -0.25) is 15.0 Å². The van der Waals surface area contributed by atoms with Gasteiger partial charge in [0, 0.05) is 12.6 Å². The lowest BCUT2D eigenvalue weighted by Gasteiger charge is -2.25. The summed E-state index contributed by atoms with van der Waals surface area (Å²) < 4.78 is 0. The predicted molar refractivity (Wildman–Crippen MR) is 96.9 cm³/mol. The van der Waals surface area contributed by atoms with E-state index >= 15 is 0 Å². The summed E-state index contributed by atoms with van der Waals surface area (Å²) in [5, 5.41) is 3.56. The van der Waals surface area contributed by atoms with Crippen molar-refractivity contribution >= 4 is 46.7 Å². The van der Waals surface area contributed by atoms with E-state index in [9.17, 15) is 9.59 Å². The fourth-order valence-corrected chi connectivity index (χ4v) is 2.66. The molecule has 0 spiro atoms. The zero-order chi connectivity index (χ0) is 18.1. The number of amides is 3. The SMILES string of the molecule is CN1C(=O)/C(=N\C(CCl)NC(C)(C)C)N(c2ccccc2Cl)C1=O. The molecule has 1 aliphatic heterocycles. The monoisotopic (exact) mass is 370 g/mol. The Morgan fingerprint density at radius 1 is 1.25 bits per heavy atom. The molecule has 8 heteroatoms. The van der Waals surface area contributed by atoms with Gasteiger partial charge in [-0.1, -0.05) is 23.7 Å². The van der Waals surface area contributed by atoms with Crippen molar-refractivity contribution in [2.75, 3.05) is 17.8 Å². The van der Waals surface area contributed by atoms with Gasteiger partial charge in [0.2, 0.25) is 5.84 Å². The van der Waals surface area contributed by atoms with Gasteiger partial charge in [-0.2, -0.15) is 0 Å². The van der Waals surface area contributed by atoms with Gasteiger partial charge in [0.25, 0.3) is 5.91 Å². The number of rotatable bonds is 4. The molecule has 0 aliphatic carbocycles. The summed E-state index contributed by atoms with van der Waals surface area (Å²) in [5.41, 5.74) is 0.154. The van der Waals surface area contributed by atoms with Crippen LogP contribution >= 0.6 is 23.2 Å². The van der Waals surface area contributed by atoms with Crippen LogP contribution in [0.4, 0.5) is 10.5 Å². The minimum absolute atomic E-state index is 0.00185. The number of anilines is 1. The summed E-state index contributed by atoms with van der Waals surface area (Å²) in [5.74, 6) is -0.341. The quantitative estimate of drug-likeness (QED) is 0.654. The fraction of sp³-hybridized carbons (Fsp3) is 0.438. The predicted octanol–water partition coefficient (Wildman–Crippen LogP) is 3.09. The van der Waals surface area contributed by atoms with Crippen molar-refractivity contribution in [2.45, 2.75) is 32.5 Å². The van der Waals surface area contributed by atoms with Crippen LogP contribution in [0.2, 0.25) is 5.02 Å². The Labute approximate surface area is 151 Å². The molecule has 0 radical (unpaired) electrons. The van der Waals surface area contributed by atoms with Gasteiger partial charge in [0.1, 0.15) is 6.17 Å². The molecule has 1 atom stereocenters. The maximum atomic E-state index is 12.5. The number of hydrogen-bond donors (Lipinski definition) is 1. The lowest BCUT2D eigenvalue weighted by Crippen LogP contribution is -2.45. The zero-order valence-corrected chi connectivity index (χ0v) is 15.5. The molecule has 0 saturated carbocycles. The number of carbonyl (C=O) groups is 2. The van der Waals surface area contributed by atoms with E-state index in [-0.39, 0.29) is 17.3 Å². The van der Waals surface area contributed by atoms with Crippen LogP contribution in [-0.2, 0) is 4.79 Å². The van der Waals surface area contributed by atoms with E-state index in [1.165, 1.54) is 11.9 Å². The minimum atomic E-state index is -0.519. The van der Waals surface area contributed by atoms with Crippen LogP contribution in [0.25, 0.3) is 0 Å². The van der Waals surface area contributed by atoms with Gasteiger partial charge in [-0.15, -0.1) is 11.6 Å². The standard InChI is InChI=1S/C16H20Cl2N4O2/c1-16(2,3)20-12(9-17)19-13-14(23)21(4)15(24)22(13)11-8-6-5-7-10(11)18/h5-8,12,20H,9H2,1-4H3/b19-13+. The van der Waals surface area contributed by atoms with E-state index in [0.29, 0.717) is 10.7 Å². The van der Waals surface area contributed by atoms with Gasteiger partial charge in [-0.05, 0) is 32.9 Å². The van der Waals surface area contributed by atoms with Crippen molar-refractivity contribution in [3.05, 3.63) is 29.3 Å². The lowest BCUT2D eigenvalue weighted by molar-refractivity contribution is -0.119. The maximum Gasteiger partial charge on any atom is 0.337 e. The van der Waals surface area contributed by atoms with Crippen LogP contribution in [0.5, 0.6) is 0 Å². The second kappa shape index (κ2) is 7.09. The summed E-state index contributed by atoms with van der Waals surface area (Å²) in [6.07, 6.45) is -0.519. The molecule has 1 aromatic rings. The molecule has 0 aromatic heterocycles. The minimum Gasteiger partial charge on any atom is -0.290 e. The number of aliphatic imine (C=N–C) groups is 1. The number of nitrogens with one attached hydrogen (secondary N) is 1. The number of urea groups is 1. The van der Waals surface area contributed by atoms with Gasteiger partial charge >= 0.3 is 6.03 Å². The third kappa shape index (κ3) is 3.88. The van der Waals surface area contributed by atoms with Crippen molar-refractivity contribution in [3.63, 3.8) is 0 Å². The molecule has 1 unspecified atom stereocenters. The third-order valence-corrected chi connectivity index (χ3v) is 3.92. The number of imide groups is 1. The van der Waals surface area contributed by atoms with Crippen molar-refractivity contribution < 1.29 is 9.59 Å². The number of alkyl halides is 1. The Morgan fingerprint density at radius 3 is 2.42 bits per heavy atom. The highest BCUT2D eigenvalue weighted by Crippen LogP contribution is 2.29. The summed E-state index contributed by atoms with van der Waals surface area (Å²) in [6.45, 7) is 5.89. The molecular weight excluding hydrogens is 351 g/mol. The van der Waals surface area contributed by atoms with E-state index in [0.717, 1.165) is 4.90 Å². The molecule has 1 saturated heterocycles. The van der Waals surface area contributed by atoms with Crippen molar-refractivity contribution in [2.24, 2.45) is 4.99 Å². The van der Waals surface area contributed by atoms with Gasteiger partial charge in [0.05, 0.1) is 16.6 Å². The number of likely N-dealkylation sites (N-methyl/N-ethyl adjacent to an activating group) is 1. The Balaban J connectivity index is 2.47. The Bertz CT molecular complexity index is 685. The van der Waals surface area contributed by atoms with Crippen LogP contribution < -0.4 is 10.2 Å². The Kier molecular flexibility index (Phi) is 5.52. The Morgan fingerprint density at radius 2 is 1.88 bits per heavy atom. The molecule has 1 aliphatic rings. The van der Waals surface area contributed by atoms with E-state index in [4.69, 9.17) is 23.2 Å². The first-order valence-electron chi connectivity index (χ1n) is 7.44. The molecule has 2 rings (SSSR count). The maximum absolute atomic E-state index is 12.5. The number of hydrogen-bond acceptors (Lipinski definition) is 4. The number of halogens is 2. The second-order valence-electron chi connectivity index (χ2n) is 6.45. The highest BCUT2D eigenvalue weighted by atomic mass is 35.5. The van der Waals surface area contributed by atoms with Crippen molar-refractivity contribution in [1.82, 2.24) is 10.2 Å². The molecule has 1 heterocycles. The molecular formula is C16H20Cl2N4O2. The van der Waals surface area contributed by atoms with Crippen LogP contribution in [0.1, 0.15) is 20.8 Å². The number of nitrogens with zero attached hydrogens (tertiary/aromatic N) is 3. The molecule has 1 aromatic carbocycles. The van der Waals surface area contributed by atoms with Crippen LogP contribution in [0.15, 0.2) is 29.3 Å². The average Bonchev–Trinajstić information content (AvgIpc) is 2.70. The summed E-state index contributed by atoms with van der Waals surface area (Å²) in [4.78, 5) is 31.5.